The molecule has 1 saturated heterocycles. The molecular formula is C16H24N3O3+. The van der Waals surface area contributed by atoms with Crippen LogP contribution in [0.15, 0.2) is 29.3 Å². The van der Waals surface area contributed by atoms with Crippen molar-refractivity contribution in [2.75, 3.05) is 46.9 Å². The van der Waals surface area contributed by atoms with Gasteiger partial charge in [0.1, 0.15) is 5.75 Å². The molecule has 1 aliphatic heterocycles. The number of amidine groups is 1. The van der Waals surface area contributed by atoms with E-state index in [4.69, 9.17) is 9.47 Å². The molecule has 22 heavy (non-hydrogen) atoms. The Morgan fingerprint density at radius 2 is 2.09 bits per heavy atom. The maximum atomic E-state index is 12.4. The van der Waals surface area contributed by atoms with E-state index in [1.807, 2.05) is 11.8 Å². The fraction of sp³-hybridized carbons (Fsp3) is 0.500. The minimum atomic E-state index is -0.311. The zero-order valence-electron chi connectivity index (χ0n) is 13.5. The van der Waals surface area contributed by atoms with Gasteiger partial charge in [0.2, 0.25) is 0 Å². The van der Waals surface area contributed by atoms with Crippen LogP contribution in [0.1, 0.15) is 17.3 Å². The molecule has 6 nitrogen and oxygen atoms in total. The first-order chi connectivity index (χ1) is 10.6. The van der Waals surface area contributed by atoms with E-state index in [0.29, 0.717) is 23.9 Å². The number of nitrogens with zero attached hydrogens (tertiary/aromatic N) is 2. The molecule has 6 heteroatoms. The second-order valence-corrected chi connectivity index (χ2v) is 5.31. The Balaban J connectivity index is 2.15. The molecule has 0 spiro atoms. The molecule has 2 rings (SSSR count). The minimum Gasteiger partial charge on any atom is -0.497 e. The lowest BCUT2D eigenvalue weighted by Gasteiger charge is -2.31. The van der Waals surface area contributed by atoms with Crippen LogP contribution in [0.4, 0.5) is 0 Å². The predicted molar refractivity (Wildman–Crippen MR) is 84.6 cm³/mol. The summed E-state index contributed by atoms with van der Waals surface area (Å²) in [6.45, 7) is 6.10. The summed E-state index contributed by atoms with van der Waals surface area (Å²) in [6, 6.07) is 7.41. The lowest BCUT2D eigenvalue weighted by Crippen LogP contribution is -3.12. The van der Waals surface area contributed by atoms with E-state index in [0.717, 1.165) is 26.2 Å². The molecular weight excluding hydrogens is 282 g/mol. The molecule has 1 aromatic carbocycles. The Bertz CT molecular complexity index is 537. The Hall–Kier alpha value is -2.08. The van der Waals surface area contributed by atoms with Crippen LogP contribution in [0.3, 0.4) is 0 Å². The first-order valence-electron chi connectivity index (χ1n) is 7.60. The summed E-state index contributed by atoms with van der Waals surface area (Å²) in [5.41, 5.74) is 0.497. The molecule has 0 aromatic heterocycles. The summed E-state index contributed by atoms with van der Waals surface area (Å²) in [7, 11) is 3.74. The van der Waals surface area contributed by atoms with Crippen LogP contribution >= 0.6 is 0 Å². The highest BCUT2D eigenvalue weighted by Gasteiger charge is 2.22. The molecule has 1 N–H and O–H groups in total. The number of benzene rings is 1. The minimum absolute atomic E-state index is 0.311. The molecule has 1 fully saturated rings. The number of aliphatic imine (C=N–C) groups is 1. The highest BCUT2D eigenvalue weighted by atomic mass is 16.5. The van der Waals surface area contributed by atoms with E-state index in [1.54, 1.807) is 31.4 Å². The lowest BCUT2D eigenvalue weighted by atomic mass is 10.2. The van der Waals surface area contributed by atoms with Crippen LogP contribution in [-0.4, -0.2) is 63.8 Å². The Kier molecular flexibility index (Phi) is 5.77. The van der Waals surface area contributed by atoms with Crippen molar-refractivity contribution in [1.29, 1.82) is 0 Å². The molecule has 1 heterocycles. The van der Waals surface area contributed by atoms with Gasteiger partial charge in [-0.05, 0) is 25.1 Å². The summed E-state index contributed by atoms with van der Waals surface area (Å²) in [6.07, 6.45) is 0. The van der Waals surface area contributed by atoms with Crippen LogP contribution in [0.5, 0.6) is 5.75 Å². The van der Waals surface area contributed by atoms with Gasteiger partial charge in [0.25, 0.3) is 11.9 Å². The number of hydrogen-bond acceptors (Lipinski definition) is 3. The maximum Gasteiger partial charge on any atom is 0.295 e. The second kappa shape index (κ2) is 7.79. The van der Waals surface area contributed by atoms with Gasteiger partial charge in [-0.3, -0.25) is 4.79 Å². The first kappa shape index (κ1) is 16.3. The molecule has 0 bridgehead atoms. The largest absolute Gasteiger partial charge is 0.497 e. The van der Waals surface area contributed by atoms with Gasteiger partial charge in [0.05, 0.1) is 46.9 Å². The number of amides is 1. The number of rotatable bonds is 3. The van der Waals surface area contributed by atoms with Crippen molar-refractivity contribution in [3.8, 4) is 5.75 Å². The zero-order chi connectivity index (χ0) is 15.9. The number of methoxy groups -OCH3 is 1. The Morgan fingerprint density at radius 1 is 1.36 bits per heavy atom. The maximum absolute atomic E-state index is 12.4. The monoisotopic (exact) mass is 306 g/mol. The summed E-state index contributed by atoms with van der Waals surface area (Å²) < 4.78 is 10.7. The number of quaternary nitrogens is 1. The average Bonchev–Trinajstić information content (AvgIpc) is 2.55. The summed E-state index contributed by atoms with van der Waals surface area (Å²) in [5.74, 6) is 0.329. The topological polar surface area (TPSA) is 55.6 Å². The summed E-state index contributed by atoms with van der Waals surface area (Å²) >= 11 is 0. The Morgan fingerprint density at radius 3 is 2.73 bits per heavy atom. The van der Waals surface area contributed by atoms with Crippen LogP contribution in [0, 0.1) is 0 Å². The SMILES string of the molecule is CCOC(=NC(=O)c1cccc(OC)c1)N1CC[NH+](C)CC1. The quantitative estimate of drug-likeness (QED) is 0.634. The molecule has 1 amide bonds. The fourth-order valence-electron chi connectivity index (χ4n) is 2.31. The van der Waals surface area contributed by atoms with E-state index < -0.39 is 0 Å². The smallest absolute Gasteiger partial charge is 0.295 e. The van der Waals surface area contributed by atoms with Gasteiger partial charge >= 0.3 is 0 Å². The highest BCUT2D eigenvalue weighted by Crippen LogP contribution is 2.13. The summed E-state index contributed by atoms with van der Waals surface area (Å²) in [5, 5.41) is 0. The van der Waals surface area contributed by atoms with Crippen molar-refractivity contribution in [3.63, 3.8) is 0 Å². The van der Waals surface area contributed by atoms with Crippen molar-refractivity contribution in [1.82, 2.24) is 4.90 Å². The molecule has 1 aromatic rings. The van der Waals surface area contributed by atoms with E-state index in [9.17, 15) is 4.79 Å². The fourth-order valence-corrected chi connectivity index (χ4v) is 2.31. The van der Waals surface area contributed by atoms with Crippen LogP contribution in [0.2, 0.25) is 0 Å². The molecule has 0 radical (unpaired) electrons. The zero-order valence-corrected chi connectivity index (χ0v) is 13.5. The highest BCUT2D eigenvalue weighted by molar-refractivity contribution is 6.01. The van der Waals surface area contributed by atoms with Crippen molar-refractivity contribution >= 4 is 11.9 Å². The third-order valence-corrected chi connectivity index (χ3v) is 3.67. The molecule has 0 aliphatic carbocycles. The van der Waals surface area contributed by atoms with Crippen LogP contribution in [0.25, 0.3) is 0 Å². The van der Waals surface area contributed by atoms with Crippen molar-refractivity contribution in [2.45, 2.75) is 6.92 Å². The van der Waals surface area contributed by atoms with Gasteiger partial charge in [0.15, 0.2) is 0 Å². The number of carbonyl (C=O) groups is 1. The molecule has 120 valence electrons. The number of hydrogen-bond donors (Lipinski definition) is 1. The summed E-state index contributed by atoms with van der Waals surface area (Å²) in [4.78, 5) is 20.0. The number of piperazine rings is 1. The van der Waals surface area contributed by atoms with Gasteiger partial charge in [-0.25, -0.2) is 0 Å². The van der Waals surface area contributed by atoms with Gasteiger partial charge in [-0.15, -0.1) is 0 Å². The van der Waals surface area contributed by atoms with Crippen LogP contribution < -0.4 is 9.64 Å². The van der Waals surface area contributed by atoms with Gasteiger partial charge in [0, 0.05) is 5.56 Å². The average molecular weight is 306 g/mol. The number of carbonyl (C=O) groups excluding carboxylic acids is 1. The van der Waals surface area contributed by atoms with E-state index >= 15 is 0 Å². The van der Waals surface area contributed by atoms with Crippen molar-refractivity contribution < 1.29 is 19.2 Å². The number of ether oxygens (including phenoxy) is 2. The molecule has 0 saturated carbocycles. The first-order valence-corrected chi connectivity index (χ1v) is 7.60. The lowest BCUT2D eigenvalue weighted by molar-refractivity contribution is -0.883. The normalized spacial score (nSPS) is 16.5. The van der Waals surface area contributed by atoms with Gasteiger partial charge in [-0.2, -0.15) is 4.99 Å². The third kappa shape index (κ3) is 4.21. The van der Waals surface area contributed by atoms with E-state index in [-0.39, 0.29) is 5.91 Å². The number of nitrogens with one attached hydrogen (secondary N) is 1. The predicted octanol–water partition coefficient (Wildman–Crippen LogP) is 0.0582. The van der Waals surface area contributed by atoms with Gasteiger partial charge in [-0.1, -0.05) is 6.07 Å². The molecule has 0 unspecified atom stereocenters. The van der Waals surface area contributed by atoms with Crippen LogP contribution in [-0.2, 0) is 4.74 Å². The Labute approximate surface area is 131 Å². The van der Waals surface area contributed by atoms with E-state index in [2.05, 4.69) is 12.0 Å². The van der Waals surface area contributed by atoms with Gasteiger partial charge < -0.3 is 19.3 Å². The third-order valence-electron chi connectivity index (χ3n) is 3.67. The molecule has 1 aliphatic rings. The standard InChI is InChI=1S/C16H23N3O3/c1-4-22-16(19-10-8-18(2)9-11-19)17-15(20)13-6-5-7-14(12-13)21-3/h5-7,12H,4,8-11H2,1-3H3/p+1. The van der Waals surface area contributed by atoms with E-state index in [1.165, 1.54) is 4.90 Å². The molecule has 0 atom stereocenters. The van der Waals surface area contributed by atoms with Crippen molar-refractivity contribution in [2.24, 2.45) is 4.99 Å². The van der Waals surface area contributed by atoms with Crippen molar-refractivity contribution in [3.05, 3.63) is 29.8 Å². The second-order valence-electron chi connectivity index (χ2n) is 5.31. The number of likely N-dealkylation sites (N-methyl/N-ethyl adjacent to an activating group) is 1.